The Labute approximate surface area is 111 Å². The fourth-order valence-corrected chi connectivity index (χ4v) is 2.26. The molecule has 0 saturated carbocycles. The van der Waals surface area contributed by atoms with Crippen LogP contribution in [0.3, 0.4) is 0 Å². The van der Waals surface area contributed by atoms with Crippen molar-refractivity contribution in [2.75, 3.05) is 5.75 Å². The minimum absolute atomic E-state index is 0.421. The number of hydrogen-bond acceptors (Lipinski definition) is 4. The molecule has 0 saturated heterocycles. The van der Waals surface area contributed by atoms with Crippen molar-refractivity contribution in [3.8, 4) is 0 Å². The summed E-state index contributed by atoms with van der Waals surface area (Å²) in [6, 6.07) is 10.2. The second-order valence-corrected chi connectivity index (χ2v) is 4.77. The highest BCUT2D eigenvalue weighted by molar-refractivity contribution is 7.99. The van der Waals surface area contributed by atoms with E-state index in [0.29, 0.717) is 6.54 Å². The monoisotopic (exact) mass is 260 g/mol. The third-order valence-corrected chi connectivity index (χ3v) is 3.50. The molecule has 0 radical (unpaired) electrons. The standard InChI is InChI=1S/C13H16N4S/c1-17-12(10-14)15-16-13(17)18-9-5-8-11-6-3-2-4-7-11/h2-8H,9-10,14H2,1H3/b8-5+. The number of nitrogens with zero attached hydrogens (tertiary/aromatic N) is 3. The summed E-state index contributed by atoms with van der Waals surface area (Å²) in [7, 11) is 1.94. The van der Waals surface area contributed by atoms with Gasteiger partial charge >= 0.3 is 0 Å². The molecule has 2 rings (SSSR count). The number of hydrogen-bond donors (Lipinski definition) is 1. The quantitative estimate of drug-likeness (QED) is 0.836. The lowest BCUT2D eigenvalue weighted by Gasteiger charge is -1.99. The van der Waals surface area contributed by atoms with Crippen molar-refractivity contribution in [2.24, 2.45) is 12.8 Å². The summed E-state index contributed by atoms with van der Waals surface area (Å²) < 4.78 is 1.93. The molecule has 2 N–H and O–H groups in total. The van der Waals surface area contributed by atoms with Crippen LogP contribution in [0, 0.1) is 0 Å². The number of thioether (sulfide) groups is 1. The van der Waals surface area contributed by atoms with E-state index in [1.807, 2.05) is 29.8 Å². The molecular weight excluding hydrogens is 244 g/mol. The Kier molecular flexibility index (Phi) is 4.55. The highest BCUT2D eigenvalue weighted by Gasteiger charge is 2.05. The van der Waals surface area contributed by atoms with Crippen LogP contribution in [-0.2, 0) is 13.6 Å². The first-order valence-electron chi connectivity index (χ1n) is 5.74. The van der Waals surface area contributed by atoms with Crippen molar-refractivity contribution in [3.05, 3.63) is 47.8 Å². The summed E-state index contributed by atoms with van der Waals surface area (Å²) in [5.74, 6) is 1.68. The van der Waals surface area contributed by atoms with Gasteiger partial charge in [0.1, 0.15) is 5.82 Å². The molecule has 0 aliphatic rings. The van der Waals surface area contributed by atoms with Crippen LogP contribution in [0.1, 0.15) is 11.4 Å². The van der Waals surface area contributed by atoms with Crippen LogP contribution in [0.5, 0.6) is 0 Å². The van der Waals surface area contributed by atoms with Gasteiger partial charge in [-0.05, 0) is 5.56 Å². The Balaban J connectivity index is 1.89. The molecule has 18 heavy (non-hydrogen) atoms. The Morgan fingerprint density at radius 2 is 2.06 bits per heavy atom. The molecule has 0 aliphatic carbocycles. The van der Waals surface area contributed by atoms with Crippen molar-refractivity contribution < 1.29 is 0 Å². The highest BCUT2D eigenvalue weighted by atomic mass is 32.2. The smallest absolute Gasteiger partial charge is 0.191 e. The van der Waals surface area contributed by atoms with Crippen LogP contribution in [0.25, 0.3) is 6.08 Å². The van der Waals surface area contributed by atoms with Crippen molar-refractivity contribution in [2.45, 2.75) is 11.7 Å². The Hall–Kier alpha value is -1.59. The van der Waals surface area contributed by atoms with E-state index in [1.165, 1.54) is 5.56 Å². The zero-order valence-electron chi connectivity index (χ0n) is 10.3. The van der Waals surface area contributed by atoms with Gasteiger partial charge in [-0.25, -0.2) is 0 Å². The fraction of sp³-hybridized carbons (Fsp3) is 0.231. The van der Waals surface area contributed by atoms with Gasteiger partial charge in [0, 0.05) is 12.8 Å². The number of nitrogens with two attached hydrogens (primary N) is 1. The summed E-state index contributed by atoms with van der Waals surface area (Å²) in [6.07, 6.45) is 4.23. The molecule has 0 amide bonds. The molecule has 0 spiro atoms. The average Bonchev–Trinajstić information content (AvgIpc) is 2.77. The normalized spacial score (nSPS) is 11.2. The summed E-state index contributed by atoms with van der Waals surface area (Å²) in [4.78, 5) is 0. The van der Waals surface area contributed by atoms with Gasteiger partial charge in [0.2, 0.25) is 0 Å². The SMILES string of the molecule is Cn1c(CN)nnc1SC/C=C/c1ccccc1. The minimum atomic E-state index is 0.421. The molecule has 5 heteroatoms. The third-order valence-electron chi connectivity index (χ3n) is 2.53. The molecule has 0 bridgehead atoms. The Bertz CT molecular complexity index is 519. The lowest BCUT2D eigenvalue weighted by atomic mass is 10.2. The van der Waals surface area contributed by atoms with Gasteiger partial charge < -0.3 is 10.3 Å². The second kappa shape index (κ2) is 6.37. The summed E-state index contributed by atoms with van der Waals surface area (Å²) >= 11 is 1.65. The molecule has 1 heterocycles. The number of benzene rings is 1. The molecule has 4 nitrogen and oxygen atoms in total. The molecule has 0 aliphatic heterocycles. The average molecular weight is 260 g/mol. The van der Waals surface area contributed by atoms with Gasteiger partial charge in [0.25, 0.3) is 0 Å². The predicted molar refractivity (Wildman–Crippen MR) is 75.1 cm³/mol. The molecular formula is C13H16N4S. The zero-order valence-corrected chi connectivity index (χ0v) is 11.1. The first-order valence-corrected chi connectivity index (χ1v) is 6.72. The molecule has 0 fully saturated rings. The zero-order chi connectivity index (χ0) is 12.8. The van der Waals surface area contributed by atoms with E-state index in [-0.39, 0.29) is 0 Å². The van der Waals surface area contributed by atoms with E-state index in [4.69, 9.17) is 5.73 Å². The van der Waals surface area contributed by atoms with Crippen LogP contribution >= 0.6 is 11.8 Å². The molecule has 94 valence electrons. The second-order valence-electron chi connectivity index (χ2n) is 3.79. The number of rotatable bonds is 5. The highest BCUT2D eigenvalue weighted by Crippen LogP contribution is 2.15. The summed E-state index contributed by atoms with van der Waals surface area (Å²) in [6.45, 7) is 0.421. The number of aromatic nitrogens is 3. The Morgan fingerprint density at radius 1 is 1.28 bits per heavy atom. The van der Waals surface area contributed by atoms with Crippen LogP contribution in [0.15, 0.2) is 41.6 Å². The topological polar surface area (TPSA) is 56.7 Å². The molecule has 0 unspecified atom stereocenters. The van der Waals surface area contributed by atoms with Crippen LogP contribution in [0.2, 0.25) is 0 Å². The van der Waals surface area contributed by atoms with Gasteiger partial charge in [-0.1, -0.05) is 54.2 Å². The van der Waals surface area contributed by atoms with Crippen molar-refractivity contribution >= 4 is 17.8 Å². The van der Waals surface area contributed by atoms with E-state index >= 15 is 0 Å². The van der Waals surface area contributed by atoms with Gasteiger partial charge in [-0.15, -0.1) is 10.2 Å². The maximum Gasteiger partial charge on any atom is 0.191 e. The Morgan fingerprint density at radius 3 is 2.72 bits per heavy atom. The van der Waals surface area contributed by atoms with Crippen molar-refractivity contribution in [1.29, 1.82) is 0 Å². The molecule has 1 aromatic carbocycles. The van der Waals surface area contributed by atoms with E-state index in [2.05, 4.69) is 34.5 Å². The van der Waals surface area contributed by atoms with Gasteiger partial charge in [-0.2, -0.15) is 0 Å². The first kappa shape index (κ1) is 12.9. The molecule has 0 atom stereocenters. The largest absolute Gasteiger partial charge is 0.324 e. The van der Waals surface area contributed by atoms with Crippen molar-refractivity contribution in [1.82, 2.24) is 14.8 Å². The van der Waals surface area contributed by atoms with Crippen LogP contribution in [-0.4, -0.2) is 20.5 Å². The molecule has 1 aromatic heterocycles. The lowest BCUT2D eigenvalue weighted by molar-refractivity contribution is 0.735. The van der Waals surface area contributed by atoms with Crippen molar-refractivity contribution in [3.63, 3.8) is 0 Å². The predicted octanol–water partition coefficient (Wildman–Crippen LogP) is 2.08. The lowest BCUT2D eigenvalue weighted by Crippen LogP contribution is -2.05. The third kappa shape index (κ3) is 3.21. The van der Waals surface area contributed by atoms with Gasteiger partial charge in [0.15, 0.2) is 5.16 Å². The van der Waals surface area contributed by atoms with E-state index in [0.717, 1.165) is 16.7 Å². The van der Waals surface area contributed by atoms with Gasteiger partial charge in [-0.3, -0.25) is 0 Å². The first-order chi connectivity index (χ1) is 8.81. The van der Waals surface area contributed by atoms with Crippen LogP contribution < -0.4 is 5.73 Å². The maximum atomic E-state index is 5.55. The summed E-state index contributed by atoms with van der Waals surface area (Å²) in [5.41, 5.74) is 6.76. The fourth-order valence-electron chi connectivity index (χ4n) is 1.52. The van der Waals surface area contributed by atoms with E-state index in [9.17, 15) is 0 Å². The van der Waals surface area contributed by atoms with Gasteiger partial charge in [0.05, 0.1) is 6.54 Å². The van der Waals surface area contributed by atoms with Crippen LogP contribution in [0.4, 0.5) is 0 Å². The summed E-state index contributed by atoms with van der Waals surface area (Å²) in [5, 5.41) is 9.00. The molecule has 2 aromatic rings. The minimum Gasteiger partial charge on any atom is -0.324 e. The maximum absolute atomic E-state index is 5.55. The van der Waals surface area contributed by atoms with E-state index < -0.39 is 0 Å². The van der Waals surface area contributed by atoms with E-state index in [1.54, 1.807) is 11.8 Å².